The Morgan fingerprint density at radius 3 is 2.45 bits per heavy atom. The van der Waals surface area contributed by atoms with E-state index in [1.807, 2.05) is 24.3 Å². The van der Waals surface area contributed by atoms with Gasteiger partial charge in [0.25, 0.3) is 0 Å². The number of aliphatic hydroxyl groups is 1. The molecule has 4 heterocycles. The molecule has 0 aromatic heterocycles. The van der Waals surface area contributed by atoms with Crippen LogP contribution in [0.15, 0.2) is 24.3 Å². The number of cyclic esters (lactones) is 2. The zero-order valence-electron chi connectivity index (χ0n) is 21.5. The van der Waals surface area contributed by atoms with E-state index in [1.54, 1.807) is 0 Å². The van der Waals surface area contributed by atoms with E-state index < -0.39 is 6.10 Å². The van der Waals surface area contributed by atoms with E-state index in [2.05, 4.69) is 16.7 Å². The van der Waals surface area contributed by atoms with Crippen molar-refractivity contribution in [3.05, 3.63) is 68.8 Å². The van der Waals surface area contributed by atoms with E-state index in [0.717, 1.165) is 72.4 Å². The Kier molecular flexibility index (Phi) is 6.73. The lowest BCUT2D eigenvalue weighted by Crippen LogP contribution is -2.58. The molecular weight excluding hydrogens is 508 g/mol. The Hall–Kier alpha value is -2.49. The van der Waals surface area contributed by atoms with E-state index in [4.69, 9.17) is 14.2 Å². The number of carbonyl (C=O) groups is 2. The average Bonchev–Trinajstić information content (AvgIpc) is 3.58. The highest BCUT2D eigenvalue weighted by molar-refractivity contribution is 5.94. The van der Waals surface area contributed by atoms with Crippen LogP contribution < -0.4 is 0 Å². The molecule has 202 valence electrons. The van der Waals surface area contributed by atoms with E-state index >= 15 is 0 Å². The number of nitrogens with zero attached hydrogens (tertiary/aromatic N) is 2. The SMILES string of the molecule is Cc1c([C@@H]2CN3CCN(CC(O)c4ccc5c(c4C4CC4)COC5=O)C[C@H]3CO2)ccc2c1COC2=O.Cl. The normalized spacial score (nSPS) is 25.6. The summed E-state index contributed by atoms with van der Waals surface area (Å²) in [5.41, 5.74) is 7.65. The number of carbonyl (C=O) groups excluding carboxylic acids is 2. The topological polar surface area (TPSA) is 88.5 Å². The van der Waals surface area contributed by atoms with Gasteiger partial charge in [0.05, 0.1) is 29.9 Å². The number of aliphatic hydroxyl groups excluding tert-OH is 1. The predicted octanol–water partition coefficient (Wildman–Crippen LogP) is 3.43. The molecule has 4 aliphatic heterocycles. The minimum absolute atomic E-state index is 0. The molecule has 2 saturated heterocycles. The number of β-amino-alcohol motifs (C(OH)–C–C–N with tert-alkyl or cyclic N) is 1. The van der Waals surface area contributed by atoms with Crippen LogP contribution in [0, 0.1) is 6.92 Å². The van der Waals surface area contributed by atoms with Crippen LogP contribution in [0.5, 0.6) is 0 Å². The fourth-order valence-corrected chi connectivity index (χ4v) is 6.65. The lowest BCUT2D eigenvalue weighted by Gasteiger charge is -2.46. The van der Waals surface area contributed by atoms with E-state index in [9.17, 15) is 14.7 Å². The van der Waals surface area contributed by atoms with Crippen molar-refractivity contribution in [1.82, 2.24) is 9.80 Å². The zero-order chi connectivity index (χ0) is 25.3. The molecule has 0 radical (unpaired) electrons. The molecule has 5 aliphatic rings. The number of hydrogen-bond donors (Lipinski definition) is 1. The first kappa shape index (κ1) is 25.8. The van der Waals surface area contributed by atoms with Gasteiger partial charge in [-0.2, -0.15) is 0 Å². The summed E-state index contributed by atoms with van der Waals surface area (Å²) in [4.78, 5) is 28.8. The second-order valence-electron chi connectivity index (χ2n) is 11.1. The monoisotopic (exact) mass is 540 g/mol. The molecule has 0 bridgehead atoms. The minimum Gasteiger partial charge on any atom is -0.457 e. The van der Waals surface area contributed by atoms with Gasteiger partial charge in [0.1, 0.15) is 13.2 Å². The van der Waals surface area contributed by atoms with Crippen molar-refractivity contribution in [2.45, 2.75) is 57.1 Å². The maximum Gasteiger partial charge on any atom is 0.338 e. The van der Waals surface area contributed by atoms with Gasteiger partial charge >= 0.3 is 11.9 Å². The van der Waals surface area contributed by atoms with Gasteiger partial charge in [0.2, 0.25) is 0 Å². The summed E-state index contributed by atoms with van der Waals surface area (Å²) < 4.78 is 16.9. The predicted molar refractivity (Wildman–Crippen MR) is 141 cm³/mol. The lowest BCUT2D eigenvalue weighted by molar-refractivity contribution is -0.0939. The van der Waals surface area contributed by atoms with Gasteiger partial charge in [0, 0.05) is 49.9 Å². The number of esters is 2. The van der Waals surface area contributed by atoms with Gasteiger partial charge in [-0.05, 0) is 60.1 Å². The van der Waals surface area contributed by atoms with Crippen LogP contribution in [-0.4, -0.2) is 72.2 Å². The Labute approximate surface area is 228 Å². The lowest BCUT2D eigenvalue weighted by atomic mass is 9.91. The molecule has 3 atom stereocenters. The number of halogens is 1. The number of piperazine rings is 1. The molecule has 1 aliphatic carbocycles. The van der Waals surface area contributed by atoms with Crippen LogP contribution in [0.1, 0.15) is 85.1 Å². The van der Waals surface area contributed by atoms with Crippen molar-refractivity contribution in [2.24, 2.45) is 0 Å². The van der Waals surface area contributed by atoms with Crippen molar-refractivity contribution in [2.75, 3.05) is 39.3 Å². The summed E-state index contributed by atoms with van der Waals surface area (Å²) in [5.74, 6) is -0.0536. The first-order valence-electron chi connectivity index (χ1n) is 13.4. The van der Waals surface area contributed by atoms with Crippen molar-refractivity contribution < 1.29 is 28.9 Å². The van der Waals surface area contributed by atoms with Crippen LogP contribution in [0.3, 0.4) is 0 Å². The zero-order valence-corrected chi connectivity index (χ0v) is 22.3. The molecule has 2 aromatic carbocycles. The van der Waals surface area contributed by atoms with Crippen LogP contribution in [0.2, 0.25) is 0 Å². The first-order valence-corrected chi connectivity index (χ1v) is 13.4. The molecule has 9 heteroatoms. The van der Waals surface area contributed by atoms with Crippen LogP contribution in [0.25, 0.3) is 0 Å². The minimum atomic E-state index is -0.598. The Bertz CT molecular complexity index is 1290. The van der Waals surface area contributed by atoms with Gasteiger partial charge in [-0.15, -0.1) is 12.4 Å². The Morgan fingerprint density at radius 2 is 1.68 bits per heavy atom. The number of ether oxygens (including phenoxy) is 3. The number of hydrogen-bond acceptors (Lipinski definition) is 8. The second-order valence-corrected chi connectivity index (χ2v) is 11.1. The molecule has 1 saturated carbocycles. The Morgan fingerprint density at radius 1 is 0.974 bits per heavy atom. The van der Waals surface area contributed by atoms with Gasteiger partial charge in [-0.25, -0.2) is 9.59 Å². The summed E-state index contributed by atoms with van der Waals surface area (Å²) in [6.07, 6.45) is 1.60. The molecule has 0 spiro atoms. The highest BCUT2D eigenvalue weighted by Crippen LogP contribution is 2.47. The molecule has 8 nitrogen and oxygen atoms in total. The third-order valence-electron chi connectivity index (χ3n) is 8.87. The summed E-state index contributed by atoms with van der Waals surface area (Å²) in [6, 6.07) is 7.94. The summed E-state index contributed by atoms with van der Waals surface area (Å²) in [5, 5.41) is 11.3. The van der Waals surface area contributed by atoms with Crippen LogP contribution >= 0.6 is 12.4 Å². The van der Waals surface area contributed by atoms with Gasteiger partial charge in [-0.3, -0.25) is 9.80 Å². The fourth-order valence-electron chi connectivity index (χ4n) is 6.65. The van der Waals surface area contributed by atoms with Crippen molar-refractivity contribution in [3.8, 4) is 0 Å². The largest absolute Gasteiger partial charge is 0.457 e. The molecule has 2 aromatic rings. The molecular formula is C29H33ClN2O6. The van der Waals surface area contributed by atoms with E-state index in [0.29, 0.717) is 43.4 Å². The number of morpholine rings is 1. The van der Waals surface area contributed by atoms with E-state index in [-0.39, 0.29) is 36.5 Å². The molecule has 1 N–H and O–H groups in total. The average molecular weight is 541 g/mol. The molecule has 3 fully saturated rings. The van der Waals surface area contributed by atoms with E-state index in [1.165, 1.54) is 0 Å². The summed E-state index contributed by atoms with van der Waals surface area (Å²) in [7, 11) is 0. The first-order chi connectivity index (χ1) is 18.0. The summed E-state index contributed by atoms with van der Waals surface area (Å²) in [6.45, 7) is 7.41. The third kappa shape index (κ3) is 4.32. The third-order valence-corrected chi connectivity index (χ3v) is 8.87. The fraction of sp³-hybridized carbons (Fsp3) is 0.517. The quantitative estimate of drug-likeness (QED) is 0.577. The van der Waals surface area contributed by atoms with Crippen molar-refractivity contribution in [1.29, 1.82) is 0 Å². The van der Waals surface area contributed by atoms with Gasteiger partial charge < -0.3 is 19.3 Å². The number of fused-ring (bicyclic) bond motifs is 3. The number of benzene rings is 2. The van der Waals surface area contributed by atoms with Gasteiger partial charge in [-0.1, -0.05) is 12.1 Å². The van der Waals surface area contributed by atoms with Crippen LogP contribution in [0.4, 0.5) is 0 Å². The molecule has 38 heavy (non-hydrogen) atoms. The van der Waals surface area contributed by atoms with Crippen molar-refractivity contribution >= 4 is 24.3 Å². The number of rotatable bonds is 5. The maximum atomic E-state index is 12.1. The molecule has 7 rings (SSSR count). The van der Waals surface area contributed by atoms with Crippen molar-refractivity contribution in [3.63, 3.8) is 0 Å². The standard InChI is InChI=1S/C29H32N2O6.ClH/c1-16-19(4-5-20-23(16)14-36-28(20)33)26-12-31-9-8-30(10-18(31)13-35-26)11-25(32)22-7-6-21-24(15-37-29(21)34)27(22)17-2-3-17;/h4-7,17-18,25-26,32H,2-3,8-15H2,1H3;1H/t18-,25?,26-;/m0./s1. The molecule has 0 amide bonds. The van der Waals surface area contributed by atoms with Gasteiger partial charge in [0.15, 0.2) is 0 Å². The van der Waals surface area contributed by atoms with Crippen LogP contribution in [-0.2, 0) is 27.4 Å². The molecule has 1 unspecified atom stereocenters. The highest BCUT2D eigenvalue weighted by atomic mass is 35.5. The maximum absolute atomic E-state index is 12.1. The second kappa shape index (κ2) is 9.92. The Balaban J connectivity index is 0.00000264. The smallest absolute Gasteiger partial charge is 0.338 e. The summed E-state index contributed by atoms with van der Waals surface area (Å²) >= 11 is 0. The highest BCUT2D eigenvalue weighted by Gasteiger charge is 2.38.